The number of aromatic nitrogens is 5. The zero-order valence-electron chi connectivity index (χ0n) is 19.6. The van der Waals surface area contributed by atoms with Gasteiger partial charge in [0, 0.05) is 61.4 Å². The Morgan fingerprint density at radius 3 is 2.83 bits per heavy atom. The summed E-state index contributed by atoms with van der Waals surface area (Å²) in [7, 11) is 3.52. The summed E-state index contributed by atoms with van der Waals surface area (Å²) in [6, 6.07) is 6.43. The quantitative estimate of drug-likeness (QED) is 0.443. The number of anilines is 1. The molecule has 4 aromatic heterocycles. The molecule has 0 aromatic carbocycles. The minimum absolute atomic E-state index is 0.0143. The lowest BCUT2D eigenvalue weighted by atomic mass is 9.89. The number of carbonyl (C=O) groups excluding carboxylic acids is 1. The van der Waals surface area contributed by atoms with E-state index in [4.69, 9.17) is 19.4 Å². The minimum Gasteiger partial charge on any atom is -0.381 e. The Kier molecular flexibility index (Phi) is 4.62. The van der Waals surface area contributed by atoms with Crippen LogP contribution in [-0.4, -0.2) is 69.6 Å². The van der Waals surface area contributed by atoms with Gasteiger partial charge in [-0.3, -0.25) is 4.79 Å². The number of hydrogen-bond donors (Lipinski definition) is 2. The molecule has 10 nitrogen and oxygen atoms in total. The van der Waals surface area contributed by atoms with E-state index in [1.165, 1.54) is 0 Å². The Morgan fingerprint density at radius 1 is 1.23 bits per heavy atom. The molecule has 2 aliphatic carbocycles. The normalized spacial score (nSPS) is 27.1. The monoisotopic (exact) mass is 473 g/mol. The number of nitrogens with one attached hydrogen (secondary N) is 2. The second kappa shape index (κ2) is 7.76. The first-order chi connectivity index (χ1) is 17.2. The third-order valence-electron chi connectivity index (χ3n) is 7.90. The third kappa shape index (κ3) is 3.09. The van der Waals surface area contributed by atoms with Crippen LogP contribution in [0.4, 0.5) is 5.82 Å². The molecule has 0 bridgehead atoms. The Balaban J connectivity index is 1.32. The van der Waals surface area contributed by atoms with E-state index in [-0.39, 0.29) is 18.1 Å². The maximum atomic E-state index is 13.2. The highest BCUT2D eigenvalue weighted by Crippen LogP contribution is 2.55. The van der Waals surface area contributed by atoms with Crippen LogP contribution in [0.1, 0.15) is 29.2 Å². The van der Waals surface area contributed by atoms with Crippen molar-refractivity contribution < 1.29 is 14.3 Å². The number of methoxy groups -OCH3 is 1. The first kappa shape index (κ1) is 20.8. The topological polar surface area (TPSA) is 108 Å². The lowest BCUT2D eigenvalue weighted by molar-refractivity contribution is 0.00732. The molecule has 0 spiro atoms. The highest BCUT2D eigenvalue weighted by atomic mass is 16.5. The van der Waals surface area contributed by atoms with E-state index in [1.807, 2.05) is 25.4 Å². The first-order valence-electron chi connectivity index (χ1n) is 12.1. The molecule has 5 atom stereocenters. The summed E-state index contributed by atoms with van der Waals surface area (Å²) in [5.41, 5.74) is 3.68. The molecule has 2 N–H and O–H groups in total. The average molecular weight is 474 g/mol. The Hall–Kier alpha value is -3.50. The number of ether oxygens (including phenoxy) is 2. The van der Waals surface area contributed by atoms with Gasteiger partial charge in [-0.15, -0.1) is 0 Å². The van der Waals surface area contributed by atoms with Crippen molar-refractivity contribution >= 4 is 28.4 Å². The second-order valence-corrected chi connectivity index (χ2v) is 9.68. The molecule has 3 aliphatic rings. The number of amides is 1. The zero-order chi connectivity index (χ0) is 23.7. The molecule has 0 radical (unpaired) electrons. The molecule has 5 heterocycles. The molecule has 35 heavy (non-hydrogen) atoms. The second-order valence-electron chi connectivity index (χ2n) is 9.68. The van der Waals surface area contributed by atoms with Crippen molar-refractivity contribution in [3.63, 3.8) is 0 Å². The average Bonchev–Trinajstić information content (AvgIpc) is 3.29. The van der Waals surface area contributed by atoms with Gasteiger partial charge in [-0.25, -0.2) is 9.97 Å². The molecule has 180 valence electrons. The SMILES string of the molecule is CNc1cc(-c2cn([C@H]3[C@@H]4COC[C@@H]43)c3ncccc23)nc2c(C(=O)N[C@@H]3CC[C@H]3OC)cnn12. The van der Waals surface area contributed by atoms with Gasteiger partial charge in [-0.1, -0.05) is 0 Å². The van der Waals surface area contributed by atoms with Crippen LogP contribution in [0.25, 0.3) is 27.9 Å². The fourth-order valence-electron chi connectivity index (χ4n) is 5.74. The third-order valence-corrected chi connectivity index (χ3v) is 7.90. The summed E-state index contributed by atoms with van der Waals surface area (Å²) in [4.78, 5) is 22.8. The van der Waals surface area contributed by atoms with Crippen molar-refractivity contribution in [3.8, 4) is 11.3 Å². The highest BCUT2D eigenvalue weighted by Gasteiger charge is 2.55. The minimum atomic E-state index is -0.187. The zero-order valence-corrected chi connectivity index (χ0v) is 19.6. The highest BCUT2D eigenvalue weighted by molar-refractivity contribution is 6.01. The van der Waals surface area contributed by atoms with E-state index in [1.54, 1.807) is 17.8 Å². The summed E-state index contributed by atoms with van der Waals surface area (Å²) in [6.07, 6.45) is 7.49. The Morgan fingerprint density at radius 2 is 2.09 bits per heavy atom. The lowest BCUT2D eigenvalue weighted by Crippen LogP contribution is -2.51. The van der Waals surface area contributed by atoms with Gasteiger partial charge >= 0.3 is 0 Å². The summed E-state index contributed by atoms with van der Waals surface area (Å²) < 4.78 is 15.0. The maximum Gasteiger partial charge on any atom is 0.257 e. The summed E-state index contributed by atoms with van der Waals surface area (Å²) in [5.74, 6) is 1.67. The van der Waals surface area contributed by atoms with E-state index in [0.717, 1.165) is 54.2 Å². The van der Waals surface area contributed by atoms with Gasteiger partial charge in [-0.05, 0) is 25.0 Å². The molecule has 3 fully saturated rings. The van der Waals surface area contributed by atoms with E-state index in [9.17, 15) is 4.79 Å². The molecular weight excluding hydrogens is 446 g/mol. The van der Waals surface area contributed by atoms with E-state index in [0.29, 0.717) is 29.1 Å². The van der Waals surface area contributed by atoms with Crippen molar-refractivity contribution in [2.75, 3.05) is 32.7 Å². The summed E-state index contributed by atoms with van der Waals surface area (Å²) in [6.45, 7) is 1.62. The lowest BCUT2D eigenvalue weighted by Gasteiger charge is -2.35. The maximum absolute atomic E-state index is 13.2. The van der Waals surface area contributed by atoms with Gasteiger partial charge in [0.25, 0.3) is 5.91 Å². The van der Waals surface area contributed by atoms with E-state index in [2.05, 4.69) is 32.6 Å². The van der Waals surface area contributed by atoms with Crippen molar-refractivity contribution in [2.45, 2.75) is 31.0 Å². The van der Waals surface area contributed by atoms with E-state index < -0.39 is 0 Å². The van der Waals surface area contributed by atoms with Crippen molar-refractivity contribution in [2.24, 2.45) is 11.8 Å². The predicted octanol–water partition coefficient (Wildman–Crippen LogP) is 2.51. The number of carbonyl (C=O) groups is 1. The van der Waals surface area contributed by atoms with Gasteiger partial charge in [-0.2, -0.15) is 9.61 Å². The van der Waals surface area contributed by atoms with Crippen molar-refractivity contribution in [3.05, 3.63) is 42.4 Å². The fraction of sp³-hybridized carbons (Fsp3) is 0.440. The molecule has 1 saturated heterocycles. The van der Waals surface area contributed by atoms with E-state index >= 15 is 0 Å². The van der Waals surface area contributed by atoms with Crippen LogP contribution in [0.5, 0.6) is 0 Å². The van der Waals surface area contributed by atoms with Crippen LogP contribution in [0, 0.1) is 11.8 Å². The Bertz CT molecular complexity index is 1450. The number of fused-ring (bicyclic) bond motifs is 3. The molecule has 10 heteroatoms. The number of nitrogens with zero attached hydrogens (tertiary/aromatic N) is 5. The molecule has 4 aromatic rings. The van der Waals surface area contributed by atoms with Crippen LogP contribution >= 0.6 is 0 Å². The molecule has 7 rings (SSSR count). The van der Waals surface area contributed by atoms with Gasteiger partial charge in [0.05, 0.1) is 37.3 Å². The van der Waals surface area contributed by atoms with Gasteiger partial charge in [0.1, 0.15) is 17.0 Å². The van der Waals surface area contributed by atoms with Gasteiger partial charge < -0.3 is 24.7 Å². The smallest absolute Gasteiger partial charge is 0.257 e. The van der Waals surface area contributed by atoms with Crippen LogP contribution in [0.2, 0.25) is 0 Å². The molecular formula is C25H27N7O3. The van der Waals surface area contributed by atoms with Gasteiger partial charge in [0.2, 0.25) is 0 Å². The van der Waals surface area contributed by atoms with Crippen LogP contribution in [0.3, 0.4) is 0 Å². The van der Waals surface area contributed by atoms with Crippen molar-refractivity contribution in [1.82, 2.24) is 29.5 Å². The van der Waals surface area contributed by atoms with Crippen LogP contribution in [-0.2, 0) is 9.47 Å². The molecule has 1 amide bonds. The van der Waals surface area contributed by atoms with Crippen LogP contribution < -0.4 is 10.6 Å². The Labute approximate surface area is 201 Å². The summed E-state index contributed by atoms with van der Waals surface area (Å²) >= 11 is 0. The van der Waals surface area contributed by atoms with Crippen LogP contribution in [0.15, 0.2) is 36.8 Å². The first-order valence-corrected chi connectivity index (χ1v) is 12.1. The van der Waals surface area contributed by atoms with Gasteiger partial charge in [0.15, 0.2) is 5.65 Å². The molecule has 2 saturated carbocycles. The number of pyridine rings is 1. The molecule has 0 unspecified atom stereocenters. The standard InChI is InChI=1S/C25H27N7O3/c1-26-21-8-19(29-24-14(9-28-32(21)24)25(33)30-18-5-6-20(18)34-2)15-10-31(22-16-11-35-12-17(16)22)23-13(15)4-3-7-27-23/h3-4,7-10,16-18,20,22,26H,5-6,11-12H2,1-2H3,(H,30,33)/t16-,17+,18-,20-,22+/m1/s1. The number of hydrogen-bond acceptors (Lipinski definition) is 7. The summed E-state index contributed by atoms with van der Waals surface area (Å²) in [5, 5.41) is 11.8. The number of rotatable bonds is 6. The fourth-order valence-corrected chi connectivity index (χ4v) is 5.74. The predicted molar refractivity (Wildman–Crippen MR) is 129 cm³/mol. The largest absolute Gasteiger partial charge is 0.381 e. The molecule has 1 aliphatic heterocycles. The van der Waals surface area contributed by atoms with Crippen molar-refractivity contribution in [1.29, 1.82) is 0 Å².